The van der Waals surface area contributed by atoms with E-state index in [9.17, 15) is 4.79 Å². The van der Waals surface area contributed by atoms with Crippen LogP contribution in [-0.4, -0.2) is 33.6 Å². The van der Waals surface area contributed by atoms with Crippen LogP contribution in [0, 0.1) is 11.3 Å². The molecule has 1 rings (SSSR count). The Morgan fingerprint density at radius 1 is 1.60 bits per heavy atom. The van der Waals surface area contributed by atoms with E-state index < -0.39 is 0 Å². The van der Waals surface area contributed by atoms with Crippen molar-refractivity contribution in [3.8, 4) is 0 Å². The first-order valence-corrected chi connectivity index (χ1v) is 5.79. The highest BCUT2D eigenvalue weighted by Crippen LogP contribution is 2.26. The molecule has 1 unspecified atom stereocenters. The molecule has 86 valence electrons. The molecule has 1 aliphatic heterocycles. The minimum Gasteiger partial charge on any atom is -0.465 e. The van der Waals surface area contributed by atoms with E-state index in [1.54, 1.807) is 0 Å². The summed E-state index contributed by atoms with van der Waals surface area (Å²) in [6, 6.07) is 0. The van der Waals surface area contributed by atoms with Crippen molar-refractivity contribution in [3.05, 3.63) is 0 Å². The Balaban J connectivity index is 2.13. The smallest absolute Gasteiger partial charge is 0.306 e. The van der Waals surface area contributed by atoms with Crippen molar-refractivity contribution < 1.29 is 14.3 Å². The van der Waals surface area contributed by atoms with E-state index in [1.807, 2.05) is 0 Å². The topological polar surface area (TPSA) is 35.5 Å². The van der Waals surface area contributed by atoms with E-state index in [0.717, 1.165) is 12.7 Å². The highest BCUT2D eigenvalue weighted by atomic mass is 16.5. The van der Waals surface area contributed by atoms with Crippen molar-refractivity contribution in [1.29, 1.82) is 0 Å². The lowest BCUT2D eigenvalue weighted by Crippen LogP contribution is -2.44. The van der Waals surface area contributed by atoms with Gasteiger partial charge >= 0.3 is 5.97 Å². The van der Waals surface area contributed by atoms with Crippen LogP contribution >= 0.6 is 0 Å². The molecule has 1 atom stereocenters. The maximum atomic E-state index is 11.5. The SMILES string of the molecule is BCCC(C)CC(=O)OCC1(C)COC1. The van der Waals surface area contributed by atoms with Gasteiger partial charge in [0.2, 0.25) is 0 Å². The largest absolute Gasteiger partial charge is 0.465 e. The predicted octanol–water partition coefficient (Wildman–Crippen LogP) is 1.03. The van der Waals surface area contributed by atoms with E-state index in [4.69, 9.17) is 9.47 Å². The Labute approximate surface area is 92.9 Å². The van der Waals surface area contributed by atoms with Gasteiger partial charge in [0.25, 0.3) is 0 Å². The minimum atomic E-state index is -0.0657. The highest BCUT2D eigenvalue weighted by Gasteiger charge is 2.34. The zero-order chi connectivity index (χ0) is 11.3. The van der Waals surface area contributed by atoms with Gasteiger partial charge in [-0.3, -0.25) is 4.79 Å². The summed E-state index contributed by atoms with van der Waals surface area (Å²) in [5.41, 5.74) is 0.0731. The fraction of sp³-hybridized carbons (Fsp3) is 0.909. The lowest BCUT2D eigenvalue weighted by atomic mass is 9.90. The first-order valence-electron chi connectivity index (χ1n) is 5.79. The first kappa shape index (κ1) is 12.6. The van der Waals surface area contributed by atoms with E-state index in [0.29, 0.717) is 32.2 Å². The molecule has 1 fully saturated rings. The molecule has 3 nitrogen and oxygen atoms in total. The number of hydrogen-bond acceptors (Lipinski definition) is 3. The van der Waals surface area contributed by atoms with Gasteiger partial charge in [-0.05, 0) is 5.92 Å². The maximum Gasteiger partial charge on any atom is 0.306 e. The van der Waals surface area contributed by atoms with E-state index >= 15 is 0 Å². The molecule has 0 aromatic heterocycles. The van der Waals surface area contributed by atoms with Crippen LogP contribution in [0.5, 0.6) is 0 Å². The van der Waals surface area contributed by atoms with Crippen molar-refractivity contribution in [1.82, 2.24) is 0 Å². The number of rotatable bonds is 6. The van der Waals surface area contributed by atoms with Crippen LogP contribution in [0.2, 0.25) is 6.32 Å². The van der Waals surface area contributed by atoms with E-state index in [2.05, 4.69) is 21.7 Å². The van der Waals surface area contributed by atoms with Crippen molar-refractivity contribution in [2.24, 2.45) is 11.3 Å². The lowest BCUT2D eigenvalue weighted by molar-refractivity contribution is -0.166. The molecule has 0 saturated carbocycles. The molecule has 0 N–H and O–H groups in total. The van der Waals surface area contributed by atoms with E-state index in [1.165, 1.54) is 0 Å². The quantitative estimate of drug-likeness (QED) is 0.487. The van der Waals surface area contributed by atoms with Crippen LogP contribution in [0.1, 0.15) is 26.7 Å². The molecule has 1 aliphatic rings. The molecule has 0 radical (unpaired) electrons. The molecule has 0 spiro atoms. The zero-order valence-electron chi connectivity index (χ0n) is 10.0. The van der Waals surface area contributed by atoms with Crippen LogP contribution in [0.25, 0.3) is 0 Å². The summed E-state index contributed by atoms with van der Waals surface area (Å²) in [6.45, 7) is 6.11. The fourth-order valence-corrected chi connectivity index (χ4v) is 1.73. The summed E-state index contributed by atoms with van der Waals surface area (Å²) in [5.74, 6) is 0.372. The van der Waals surface area contributed by atoms with Gasteiger partial charge in [-0.1, -0.05) is 26.6 Å². The van der Waals surface area contributed by atoms with Gasteiger partial charge in [-0.2, -0.15) is 0 Å². The second kappa shape index (κ2) is 5.54. The highest BCUT2D eigenvalue weighted by molar-refractivity contribution is 6.08. The molecular formula is C11H21BO3. The summed E-state index contributed by atoms with van der Waals surface area (Å²) >= 11 is 0. The molecular weight excluding hydrogens is 191 g/mol. The average molecular weight is 212 g/mol. The predicted molar refractivity (Wildman–Crippen MR) is 61.6 cm³/mol. The molecule has 1 heterocycles. The summed E-state index contributed by atoms with van der Waals surface area (Å²) in [4.78, 5) is 11.5. The standard InChI is InChI=1S/C11H21BO3/c1-9(3-4-12)5-10(13)15-8-11(2)6-14-7-11/h9H,3-8,12H2,1-2H3. The Bertz CT molecular complexity index is 214. The van der Waals surface area contributed by atoms with Crippen molar-refractivity contribution in [2.75, 3.05) is 19.8 Å². The molecule has 4 heteroatoms. The molecule has 0 aromatic carbocycles. The maximum absolute atomic E-state index is 11.5. The summed E-state index contributed by atoms with van der Waals surface area (Å²) in [5, 5.41) is 0. The van der Waals surface area contributed by atoms with Gasteiger partial charge in [-0.15, -0.1) is 0 Å². The third kappa shape index (κ3) is 4.25. The molecule has 0 aromatic rings. The number of esters is 1. The minimum absolute atomic E-state index is 0.0657. The molecule has 1 saturated heterocycles. The zero-order valence-corrected chi connectivity index (χ0v) is 10.0. The third-order valence-electron chi connectivity index (χ3n) is 2.78. The molecule has 0 bridgehead atoms. The second-order valence-electron chi connectivity index (χ2n) is 5.06. The van der Waals surface area contributed by atoms with Crippen molar-refractivity contribution in [2.45, 2.75) is 33.0 Å². The Morgan fingerprint density at radius 2 is 2.27 bits per heavy atom. The Hall–Kier alpha value is -0.505. The van der Waals surface area contributed by atoms with Gasteiger partial charge in [0.05, 0.1) is 13.2 Å². The van der Waals surface area contributed by atoms with Gasteiger partial charge < -0.3 is 9.47 Å². The van der Waals surface area contributed by atoms with Crippen molar-refractivity contribution >= 4 is 13.8 Å². The van der Waals surface area contributed by atoms with Crippen LogP contribution in [0.3, 0.4) is 0 Å². The number of ether oxygens (including phenoxy) is 2. The fourth-order valence-electron chi connectivity index (χ4n) is 1.73. The normalized spacial score (nSPS) is 20.4. The molecule has 0 aliphatic carbocycles. The summed E-state index contributed by atoms with van der Waals surface area (Å²) < 4.78 is 10.3. The van der Waals surface area contributed by atoms with Crippen LogP contribution in [0.4, 0.5) is 0 Å². The average Bonchev–Trinajstić information content (AvgIpc) is 2.12. The van der Waals surface area contributed by atoms with E-state index in [-0.39, 0.29) is 11.4 Å². The number of carbonyl (C=O) groups is 1. The first-order chi connectivity index (χ1) is 7.06. The van der Waals surface area contributed by atoms with Gasteiger partial charge in [0, 0.05) is 11.8 Å². The Kier molecular flexibility index (Phi) is 4.64. The Morgan fingerprint density at radius 3 is 2.73 bits per heavy atom. The van der Waals surface area contributed by atoms with Crippen LogP contribution in [-0.2, 0) is 14.3 Å². The monoisotopic (exact) mass is 212 g/mol. The van der Waals surface area contributed by atoms with Gasteiger partial charge in [0.15, 0.2) is 0 Å². The summed E-state index contributed by atoms with van der Waals surface area (Å²) in [7, 11) is 2.13. The summed E-state index contributed by atoms with van der Waals surface area (Å²) in [6.07, 6.45) is 2.76. The number of carbonyl (C=O) groups excluding carboxylic acids is 1. The van der Waals surface area contributed by atoms with Gasteiger partial charge in [-0.25, -0.2) is 0 Å². The molecule has 15 heavy (non-hydrogen) atoms. The lowest BCUT2D eigenvalue weighted by Gasteiger charge is -2.37. The van der Waals surface area contributed by atoms with Crippen LogP contribution in [0.15, 0.2) is 0 Å². The van der Waals surface area contributed by atoms with Crippen LogP contribution < -0.4 is 0 Å². The third-order valence-corrected chi connectivity index (χ3v) is 2.78. The number of hydrogen-bond donors (Lipinski definition) is 0. The van der Waals surface area contributed by atoms with Crippen molar-refractivity contribution in [3.63, 3.8) is 0 Å². The molecule has 0 amide bonds. The second-order valence-corrected chi connectivity index (χ2v) is 5.06. The van der Waals surface area contributed by atoms with Gasteiger partial charge in [0.1, 0.15) is 14.5 Å².